The third kappa shape index (κ3) is 2.22. The Balaban J connectivity index is 1.93. The number of aliphatic hydroxyl groups is 1. The molecule has 0 radical (unpaired) electrons. The molecule has 3 rings (SSSR count). The highest BCUT2D eigenvalue weighted by Gasteiger charge is 2.43. The highest BCUT2D eigenvalue weighted by Crippen LogP contribution is 2.42. The van der Waals surface area contributed by atoms with Crippen LogP contribution in [0.1, 0.15) is 22.4 Å². The second-order valence-electron chi connectivity index (χ2n) is 5.37. The van der Waals surface area contributed by atoms with Crippen LogP contribution in [-0.4, -0.2) is 23.2 Å². The maximum Gasteiger partial charge on any atom is 0.122 e. The summed E-state index contributed by atoms with van der Waals surface area (Å²) < 4.78 is 5.82. The first-order valence-electron chi connectivity index (χ1n) is 6.65. The maximum atomic E-state index is 10.7. The summed E-state index contributed by atoms with van der Waals surface area (Å²) in [5.74, 6) is 0.888. The molecule has 0 amide bonds. The summed E-state index contributed by atoms with van der Waals surface area (Å²) in [5, 5.41) is 13.4. The van der Waals surface area contributed by atoms with Crippen molar-refractivity contribution in [2.45, 2.75) is 19.4 Å². The van der Waals surface area contributed by atoms with Gasteiger partial charge in [-0.3, -0.25) is 0 Å². The predicted octanol–water partition coefficient (Wildman–Crippen LogP) is 2.07. The molecule has 2 heterocycles. The van der Waals surface area contributed by atoms with Crippen molar-refractivity contribution in [1.29, 1.82) is 0 Å². The fourth-order valence-electron chi connectivity index (χ4n) is 2.62. The molecule has 20 heavy (non-hydrogen) atoms. The summed E-state index contributed by atoms with van der Waals surface area (Å²) >= 11 is 1.47. The van der Waals surface area contributed by atoms with Crippen molar-refractivity contribution in [1.82, 2.24) is 4.98 Å². The van der Waals surface area contributed by atoms with Gasteiger partial charge in [-0.1, -0.05) is 18.2 Å². The van der Waals surface area contributed by atoms with Gasteiger partial charge < -0.3 is 15.6 Å². The minimum absolute atomic E-state index is 0.362. The Morgan fingerprint density at radius 3 is 3.00 bits per heavy atom. The number of nitrogens with two attached hydrogens (primary N) is 1. The Hall–Kier alpha value is -1.43. The molecular formula is C15H18N2O2S. The number of aromatic nitrogens is 1. The highest BCUT2D eigenvalue weighted by molar-refractivity contribution is 7.09. The number of ether oxygens (including phenoxy) is 1. The Morgan fingerprint density at radius 2 is 2.30 bits per heavy atom. The lowest BCUT2D eigenvalue weighted by atomic mass is 9.76. The van der Waals surface area contributed by atoms with Crippen molar-refractivity contribution >= 4 is 11.3 Å². The Bertz CT molecular complexity index is 613. The Kier molecular flexibility index (Phi) is 3.50. The van der Waals surface area contributed by atoms with Crippen LogP contribution in [0.2, 0.25) is 0 Å². The molecule has 2 aromatic rings. The number of rotatable bonds is 3. The lowest BCUT2D eigenvalue weighted by molar-refractivity contribution is -0.0163. The van der Waals surface area contributed by atoms with Gasteiger partial charge in [0.1, 0.15) is 16.9 Å². The molecule has 0 saturated heterocycles. The minimum Gasteiger partial charge on any atom is -0.493 e. The quantitative estimate of drug-likeness (QED) is 0.908. The third-order valence-corrected chi connectivity index (χ3v) is 4.90. The van der Waals surface area contributed by atoms with Crippen LogP contribution < -0.4 is 10.5 Å². The van der Waals surface area contributed by atoms with Crippen molar-refractivity contribution in [2.75, 3.05) is 13.2 Å². The zero-order valence-corrected chi connectivity index (χ0v) is 12.2. The average Bonchev–Trinajstić information content (AvgIpc) is 2.92. The van der Waals surface area contributed by atoms with Crippen molar-refractivity contribution in [3.05, 3.63) is 45.9 Å². The fourth-order valence-corrected chi connectivity index (χ4v) is 3.54. The van der Waals surface area contributed by atoms with Crippen LogP contribution >= 0.6 is 11.3 Å². The summed E-state index contributed by atoms with van der Waals surface area (Å²) in [4.78, 5) is 4.39. The van der Waals surface area contributed by atoms with Crippen LogP contribution in [0, 0.1) is 12.3 Å². The molecule has 1 aliphatic heterocycles. The number of thiazole rings is 1. The van der Waals surface area contributed by atoms with Crippen LogP contribution in [0.15, 0.2) is 29.6 Å². The second kappa shape index (κ2) is 5.16. The van der Waals surface area contributed by atoms with Crippen molar-refractivity contribution in [3.8, 4) is 5.75 Å². The molecule has 106 valence electrons. The van der Waals surface area contributed by atoms with E-state index in [4.69, 9.17) is 10.5 Å². The first-order chi connectivity index (χ1) is 9.64. The van der Waals surface area contributed by atoms with Crippen molar-refractivity contribution in [2.24, 2.45) is 11.1 Å². The number of hydrogen-bond donors (Lipinski definition) is 2. The van der Waals surface area contributed by atoms with E-state index in [1.165, 1.54) is 11.3 Å². The van der Waals surface area contributed by atoms with E-state index in [0.717, 1.165) is 22.0 Å². The van der Waals surface area contributed by atoms with Crippen LogP contribution in [0.5, 0.6) is 5.75 Å². The number of fused-ring (bicyclic) bond motifs is 1. The van der Waals surface area contributed by atoms with Gasteiger partial charge in [-0.2, -0.15) is 0 Å². The standard InChI is InChI=1S/C15H18N2O2S/c1-10-7-20-14(17-10)13(18)15(8-16)6-11-4-2-3-5-12(11)19-9-15/h2-5,7,13,18H,6,8-9,16H2,1H3. The second-order valence-corrected chi connectivity index (χ2v) is 6.26. The summed E-state index contributed by atoms with van der Waals surface area (Å²) in [6.45, 7) is 2.70. The number of benzene rings is 1. The van der Waals surface area contributed by atoms with Gasteiger partial charge in [0.2, 0.25) is 0 Å². The maximum absolute atomic E-state index is 10.7. The Morgan fingerprint density at radius 1 is 1.50 bits per heavy atom. The number of aryl methyl sites for hydroxylation is 1. The average molecular weight is 290 g/mol. The molecule has 0 bridgehead atoms. The van der Waals surface area contributed by atoms with E-state index in [9.17, 15) is 5.11 Å². The predicted molar refractivity (Wildman–Crippen MR) is 78.9 cm³/mol. The molecule has 3 N–H and O–H groups in total. The molecule has 2 atom stereocenters. The molecule has 1 aliphatic rings. The summed E-state index contributed by atoms with van der Waals surface area (Å²) in [6, 6.07) is 7.91. The van der Waals surface area contributed by atoms with E-state index in [1.807, 2.05) is 36.6 Å². The van der Waals surface area contributed by atoms with Gasteiger partial charge in [0.15, 0.2) is 0 Å². The molecule has 0 spiro atoms. The number of aliphatic hydroxyl groups excluding tert-OH is 1. The lowest BCUT2D eigenvalue weighted by Gasteiger charge is -2.39. The van der Waals surface area contributed by atoms with Gasteiger partial charge in [-0.15, -0.1) is 11.3 Å². The van der Waals surface area contributed by atoms with Gasteiger partial charge in [-0.05, 0) is 25.0 Å². The van der Waals surface area contributed by atoms with Gasteiger partial charge in [0.05, 0.1) is 12.0 Å². The van der Waals surface area contributed by atoms with Gasteiger partial charge >= 0.3 is 0 Å². The molecule has 1 aromatic heterocycles. The topological polar surface area (TPSA) is 68.4 Å². The van der Waals surface area contributed by atoms with Crippen LogP contribution in [0.3, 0.4) is 0 Å². The smallest absolute Gasteiger partial charge is 0.122 e. The van der Waals surface area contributed by atoms with E-state index in [-0.39, 0.29) is 0 Å². The number of para-hydroxylation sites is 1. The lowest BCUT2D eigenvalue weighted by Crippen LogP contribution is -2.46. The van der Waals surface area contributed by atoms with Gasteiger partial charge in [0, 0.05) is 17.6 Å². The third-order valence-electron chi connectivity index (χ3n) is 3.89. The first-order valence-corrected chi connectivity index (χ1v) is 7.53. The first kappa shape index (κ1) is 13.5. The Labute approximate surface area is 122 Å². The molecule has 4 nitrogen and oxygen atoms in total. The molecule has 0 fully saturated rings. The summed E-state index contributed by atoms with van der Waals surface area (Å²) in [5.41, 5.74) is 7.49. The number of hydrogen-bond acceptors (Lipinski definition) is 5. The molecule has 0 aliphatic carbocycles. The van der Waals surface area contributed by atoms with Crippen molar-refractivity contribution < 1.29 is 9.84 Å². The van der Waals surface area contributed by atoms with Crippen LogP contribution in [0.25, 0.3) is 0 Å². The van der Waals surface area contributed by atoms with E-state index in [0.29, 0.717) is 19.6 Å². The van der Waals surface area contributed by atoms with E-state index in [2.05, 4.69) is 4.98 Å². The molecule has 5 heteroatoms. The fraction of sp³-hybridized carbons (Fsp3) is 0.400. The SMILES string of the molecule is Cc1csc(C(O)C2(CN)COc3ccccc3C2)n1. The van der Waals surface area contributed by atoms with Gasteiger partial charge in [-0.25, -0.2) is 4.98 Å². The van der Waals surface area contributed by atoms with E-state index >= 15 is 0 Å². The van der Waals surface area contributed by atoms with Crippen LogP contribution in [0.4, 0.5) is 0 Å². The molecule has 2 unspecified atom stereocenters. The van der Waals surface area contributed by atoms with Crippen LogP contribution in [-0.2, 0) is 6.42 Å². The van der Waals surface area contributed by atoms with Crippen molar-refractivity contribution in [3.63, 3.8) is 0 Å². The monoisotopic (exact) mass is 290 g/mol. The molecule has 0 saturated carbocycles. The normalized spacial score (nSPS) is 22.9. The minimum atomic E-state index is -0.695. The zero-order valence-electron chi connectivity index (χ0n) is 11.4. The molecular weight excluding hydrogens is 272 g/mol. The van der Waals surface area contributed by atoms with E-state index < -0.39 is 11.5 Å². The highest BCUT2D eigenvalue weighted by atomic mass is 32.1. The zero-order chi connectivity index (χ0) is 14.2. The number of nitrogens with zero attached hydrogens (tertiary/aromatic N) is 1. The summed E-state index contributed by atoms with van der Waals surface area (Å²) in [6.07, 6.45) is 0.0129. The molecule has 1 aromatic carbocycles. The largest absolute Gasteiger partial charge is 0.493 e. The van der Waals surface area contributed by atoms with E-state index in [1.54, 1.807) is 0 Å². The van der Waals surface area contributed by atoms with Gasteiger partial charge in [0.25, 0.3) is 0 Å². The summed E-state index contributed by atoms with van der Waals surface area (Å²) in [7, 11) is 0.